The second kappa shape index (κ2) is 7.29. The molecule has 1 aliphatic rings. The molecule has 0 bridgehead atoms. The van der Waals surface area contributed by atoms with Crippen molar-refractivity contribution in [3.05, 3.63) is 23.2 Å². The minimum Gasteiger partial charge on any atom is -0.481 e. The number of aliphatic carboxylic acids is 1. The summed E-state index contributed by atoms with van der Waals surface area (Å²) in [6.45, 7) is 2.39. The summed E-state index contributed by atoms with van der Waals surface area (Å²) < 4.78 is 5.18. The lowest BCUT2D eigenvalue weighted by molar-refractivity contribution is -0.136. The van der Waals surface area contributed by atoms with Gasteiger partial charge in [-0.1, -0.05) is 32.1 Å². The molecule has 5 heteroatoms. The van der Waals surface area contributed by atoms with E-state index in [4.69, 9.17) is 9.52 Å². The Hall–Kier alpha value is -1.78. The van der Waals surface area contributed by atoms with E-state index >= 15 is 0 Å². The molecule has 0 aliphatic heterocycles. The van der Waals surface area contributed by atoms with Gasteiger partial charge in [-0.25, -0.2) is 0 Å². The fourth-order valence-corrected chi connectivity index (χ4v) is 3.02. The van der Waals surface area contributed by atoms with Crippen LogP contribution in [0.25, 0.3) is 0 Å². The van der Waals surface area contributed by atoms with E-state index in [-0.39, 0.29) is 18.1 Å². The van der Waals surface area contributed by atoms with Gasteiger partial charge in [-0.2, -0.15) is 0 Å². The first-order chi connectivity index (χ1) is 10.1. The van der Waals surface area contributed by atoms with E-state index < -0.39 is 5.97 Å². The van der Waals surface area contributed by atoms with Gasteiger partial charge >= 0.3 is 5.97 Å². The summed E-state index contributed by atoms with van der Waals surface area (Å²) in [7, 11) is 0. The average Bonchev–Trinajstić information content (AvgIpc) is 2.80. The van der Waals surface area contributed by atoms with Crippen LogP contribution in [0.3, 0.4) is 0 Å². The van der Waals surface area contributed by atoms with Crippen molar-refractivity contribution in [3.63, 3.8) is 0 Å². The molecule has 1 amide bonds. The molecule has 116 valence electrons. The smallest absolute Gasteiger partial charge is 0.311 e. The Labute approximate surface area is 124 Å². The third kappa shape index (κ3) is 4.34. The molecule has 21 heavy (non-hydrogen) atoms. The van der Waals surface area contributed by atoms with Crippen LogP contribution in [0.2, 0.25) is 0 Å². The lowest BCUT2D eigenvalue weighted by atomic mass is 9.87. The van der Waals surface area contributed by atoms with Gasteiger partial charge in [0, 0.05) is 12.1 Å². The number of furan rings is 1. The van der Waals surface area contributed by atoms with Gasteiger partial charge in [-0.05, 0) is 19.3 Å². The number of nitrogens with one attached hydrogen (secondary N) is 1. The first-order valence-electron chi connectivity index (χ1n) is 7.65. The van der Waals surface area contributed by atoms with Crippen molar-refractivity contribution in [2.45, 2.75) is 51.9 Å². The zero-order valence-corrected chi connectivity index (χ0v) is 12.5. The second-order valence-electron chi connectivity index (χ2n) is 5.84. The number of hydrogen-bond acceptors (Lipinski definition) is 3. The van der Waals surface area contributed by atoms with Crippen molar-refractivity contribution in [1.82, 2.24) is 5.32 Å². The summed E-state index contributed by atoms with van der Waals surface area (Å²) in [4.78, 5) is 23.0. The molecule has 5 nitrogen and oxygen atoms in total. The largest absolute Gasteiger partial charge is 0.481 e. The van der Waals surface area contributed by atoms with E-state index in [1.165, 1.54) is 38.4 Å². The van der Waals surface area contributed by atoms with E-state index in [0.717, 1.165) is 6.42 Å². The van der Waals surface area contributed by atoms with Gasteiger partial charge in [-0.15, -0.1) is 0 Å². The SMILES string of the molecule is Cc1coc(CC(=O)O)c1C(=O)NCCC1CCCCC1. The van der Waals surface area contributed by atoms with Crippen molar-refractivity contribution in [2.75, 3.05) is 6.54 Å². The molecule has 2 rings (SSSR count). The van der Waals surface area contributed by atoms with Crippen LogP contribution >= 0.6 is 0 Å². The van der Waals surface area contributed by atoms with Crippen molar-refractivity contribution < 1.29 is 19.1 Å². The van der Waals surface area contributed by atoms with Crippen LogP contribution in [0.4, 0.5) is 0 Å². The van der Waals surface area contributed by atoms with Crippen LogP contribution in [0, 0.1) is 12.8 Å². The predicted molar refractivity (Wildman–Crippen MR) is 78.3 cm³/mol. The fraction of sp³-hybridized carbons (Fsp3) is 0.625. The summed E-state index contributed by atoms with van der Waals surface area (Å²) in [6.07, 6.45) is 8.60. The highest BCUT2D eigenvalue weighted by molar-refractivity contribution is 5.97. The summed E-state index contributed by atoms with van der Waals surface area (Å²) in [5.74, 6) is -0.285. The summed E-state index contributed by atoms with van der Waals surface area (Å²) in [6, 6.07) is 0. The standard InChI is InChI=1S/C16H23NO4/c1-11-10-21-13(9-14(18)19)15(11)16(20)17-8-7-12-5-3-2-4-6-12/h10,12H,2-9H2,1H3,(H,17,20)(H,18,19). The monoisotopic (exact) mass is 293 g/mol. The normalized spacial score (nSPS) is 15.9. The van der Waals surface area contributed by atoms with Crippen LogP contribution in [-0.2, 0) is 11.2 Å². The molecule has 0 radical (unpaired) electrons. The lowest BCUT2D eigenvalue weighted by Gasteiger charge is -2.21. The highest BCUT2D eigenvalue weighted by Crippen LogP contribution is 2.25. The zero-order valence-electron chi connectivity index (χ0n) is 12.5. The third-order valence-corrected chi connectivity index (χ3v) is 4.15. The average molecular weight is 293 g/mol. The number of aryl methyl sites for hydroxylation is 1. The molecule has 1 aromatic rings. The molecule has 0 spiro atoms. The lowest BCUT2D eigenvalue weighted by Crippen LogP contribution is -2.27. The number of hydrogen-bond donors (Lipinski definition) is 2. The van der Waals surface area contributed by atoms with Crippen LogP contribution in [-0.4, -0.2) is 23.5 Å². The van der Waals surface area contributed by atoms with Crippen molar-refractivity contribution in [1.29, 1.82) is 0 Å². The quantitative estimate of drug-likeness (QED) is 0.845. The number of carbonyl (C=O) groups excluding carboxylic acids is 1. The minimum absolute atomic E-state index is 0.228. The van der Waals surface area contributed by atoms with Gasteiger partial charge in [0.05, 0.1) is 11.8 Å². The number of amides is 1. The number of carbonyl (C=O) groups is 2. The number of carboxylic acid groups (broad SMARTS) is 1. The number of rotatable bonds is 6. The van der Waals surface area contributed by atoms with Gasteiger partial charge in [0.2, 0.25) is 0 Å². The molecular weight excluding hydrogens is 270 g/mol. The molecule has 0 unspecified atom stereocenters. The maximum Gasteiger partial charge on any atom is 0.311 e. The van der Waals surface area contributed by atoms with E-state index in [0.29, 0.717) is 23.6 Å². The predicted octanol–water partition coefficient (Wildman–Crippen LogP) is 2.92. The summed E-state index contributed by atoms with van der Waals surface area (Å²) >= 11 is 0. The third-order valence-electron chi connectivity index (χ3n) is 4.15. The van der Waals surface area contributed by atoms with Gasteiger partial charge in [0.25, 0.3) is 5.91 Å². The Bertz CT molecular complexity index is 500. The Morgan fingerprint density at radius 3 is 2.71 bits per heavy atom. The van der Waals surface area contributed by atoms with Gasteiger partial charge in [0.15, 0.2) is 0 Å². The molecule has 1 aromatic heterocycles. The van der Waals surface area contributed by atoms with Crippen molar-refractivity contribution >= 4 is 11.9 Å². The molecule has 1 aliphatic carbocycles. The van der Waals surface area contributed by atoms with E-state index in [2.05, 4.69) is 5.32 Å². The van der Waals surface area contributed by atoms with E-state index in [1.54, 1.807) is 6.92 Å². The van der Waals surface area contributed by atoms with Gasteiger partial charge in [0.1, 0.15) is 12.2 Å². The van der Waals surface area contributed by atoms with Crippen molar-refractivity contribution in [3.8, 4) is 0 Å². The zero-order chi connectivity index (χ0) is 15.2. The maximum absolute atomic E-state index is 12.2. The van der Waals surface area contributed by atoms with E-state index in [1.807, 2.05) is 0 Å². The molecule has 0 saturated heterocycles. The summed E-state index contributed by atoms with van der Waals surface area (Å²) in [5.41, 5.74) is 1.06. The van der Waals surface area contributed by atoms with Gasteiger partial charge < -0.3 is 14.8 Å². The van der Waals surface area contributed by atoms with Gasteiger partial charge in [-0.3, -0.25) is 9.59 Å². The van der Waals surface area contributed by atoms with Crippen LogP contribution < -0.4 is 5.32 Å². The van der Waals surface area contributed by atoms with Crippen LogP contribution in [0.5, 0.6) is 0 Å². The molecule has 1 fully saturated rings. The molecule has 0 atom stereocenters. The van der Waals surface area contributed by atoms with Crippen molar-refractivity contribution in [2.24, 2.45) is 5.92 Å². The highest BCUT2D eigenvalue weighted by atomic mass is 16.4. The fourth-order valence-electron chi connectivity index (χ4n) is 3.02. The highest BCUT2D eigenvalue weighted by Gasteiger charge is 2.20. The Kier molecular flexibility index (Phi) is 5.42. The first-order valence-corrected chi connectivity index (χ1v) is 7.65. The molecule has 0 aromatic carbocycles. The minimum atomic E-state index is -0.999. The Morgan fingerprint density at radius 2 is 2.05 bits per heavy atom. The maximum atomic E-state index is 12.2. The van der Waals surface area contributed by atoms with Crippen LogP contribution in [0.1, 0.15) is 60.2 Å². The molecular formula is C16H23NO4. The Morgan fingerprint density at radius 1 is 1.33 bits per heavy atom. The van der Waals surface area contributed by atoms with Crippen LogP contribution in [0.15, 0.2) is 10.7 Å². The topological polar surface area (TPSA) is 79.5 Å². The first kappa shape index (κ1) is 15.6. The van der Waals surface area contributed by atoms with E-state index in [9.17, 15) is 9.59 Å². The molecule has 1 heterocycles. The molecule has 1 saturated carbocycles. The Balaban J connectivity index is 1.87. The molecule has 2 N–H and O–H groups in total. The second-order valence-corrected chi connectivity index (χ2v) is 5.84. The number of carboxylic acids is 1. The summed E-state index contributed by atoms with van der Waals surface area (Å²) in [5, 5.41) is 11.7.